The smallest absolute Gasteiger partial charge is 0.256 e. The third-order valence-corrected chi connectivity index (χ3v) is 6.12. The summed E-state index contributed by atoms with van der Waals surface area (Å²) in [6, 6.07) is 10.5. The van der Waals surface area contributed by atoms with Gasteiger partial charge in [-0.15, -0.1) is 0 Å². The highest BCUT2D eigenvalue weighted by Gasteiger charge is 2.40. The largest absolute Gasteiger partial charge is 0.508 e. The molecule has 1 aromatic heterocycles. The van der Waals surface area contributed by atoms with Crippen molar-refractivity contribution in [2.45, 2.75) is 16.7 Å². The van der Waals surface area contributed by atoms with Gasteiger partial charge in [-0.05, 0) is 42.8 Å². The van der Waals surface area contributed by atoms with Gasteiger partial charge in [0.2, 0.25) is 0 Å². The molecule has 5 rings (SSSR count). The Hall–Kier alpha value is -2.11. The molecular weight excluding hydrogens is 346 g/mol. The molecule has 0 bridgehead atoms. The van der Waals surface area contributed by atoms with E-state index in [4.69, 9.17) is 16.0 Å². The molecule has 1 unspecified atom stereocenters. The molecule has 1 amide bonds. The van der Waals surface area contributed by atoms with Crippen molar-refractivity contribution in [3.8, 4) is 5.75 Å². The first-order valence-corrected chi connectivity index (χ1v) is 8.89. The van der Waals surface area contributed by atoms with E-state index in [9.17, 15) is 9.90 Å². The van der Waals surface area contributed by atoms with Gasteiger partial charge in [0.1, 0.15) is 22.5 Å². The first-order chi connectivity index (χ1) is 11.6. The summed E-state index contributed by atoms with van der Waals surface area (Å²) in [5, 5.41) is 11.1. The van der Waals surface area contributed by atoms with Crippen molar-refractivity contribution < 1.29 is 14.3 Å². The normalized spacial score (nSPS) is 19.1. The Morgan fingerprint density at radius 2 is 2.12 bits per heavy atom. The van der Waals surface area contributed by atoms with Gasteiger partial charge in [0.15, 0.2) is 0 Å². The number of carbonyl (C=O) groups excluding carboxylic acids is 1. The second-order valence-corrected chi connectivity index (χ2v) is 7.54. The number of carbonyl (C=O) groups is 1. The lowest BCUT2D eigenvalue weighted by Gasteiger charge is -2.38. The van der Waals surface area contributed by atoms with Crippen molar-refractivity contribution in [3.63, 3.8) is 0 Å². The Labute approximate surface area is 147 Å². The van der Waals surface area contributed by atoms with E-state index < -0.39 is 0 Å². The maximum Gasteiger partial charge on any atom is 0.256 e. The molecule has 1 atom stereocenters. The van der Waals surface area contributed by atoms with Crippen LogP contribution < -0.4 is 0 Å². The van der Waals surface area contributed by atoms with Crippen LogP contribution in [-0.4, -0.2) is 22.5 Å². The van der Waals surface area contributed by atoms with Crippen LogP contribution in [0.25, 0.3) is 11.0 Å². The summed E-state index contributed by atoms with van der Waals surface area (Å²) in [7, 11) is 0. The summed E-state index contributed by atoms with van der Waals surface area (Å²) in [6.07, 6.45) is 0.713. The van der Waals surface area contributed by atoms with Gasteiger partial charge in [0, 0.05) is 27.4 Å². The maximum atomic E-state index is 12.9. The fourth-order valence-electron chi connectivity index (χ4n) is 3.48. The van der Waals surface area contributed by atoms with Gasteiger partial charge >= 0.3 is 0 Å². The van der Waals surface area contributed by atoms with Gasteiger partial charge < -0.3 is 14.4 Å². The van der Waals surface area contributed by atoms with Crippen molar-refractivity contribution in [2.24, 2.45) is 0 Å². The summed E-state index contributed by atoms with van der Waals surface area (Å²) >= 11 is 7.65. The van der Waals surface area contributed by atoms with Crippen LogP contribution in [-0.2, 0) is 6.42 Å². The molecule has 24 heavy (non-hydrogen) atoms. The minimum atomic E-state index is -0.176. The van der Waals surface area contributed by atoms with Gasteiger partial charge in [0.25, 0.3) is 5.91 Å². The summed E-state index contributed by atoms with van der Waals surface area (Å²) in [4.78, 5) is 15.6. The van der Waals surface area contributed by atoms with Crippen LogP contribution in [0, 0.1) is 0 Å². The van der Waals surface area contributed by atoms with Crippen LogP contribution in [0.2, 0.25) is 5.02 Å². The third kappa shape index (κ3) is 1.91. The van der Waals surface area contributed by atoms with E-state index in [-0.39, 0.29) is 17.0 Å². The minimum absolute atomic E-state index is 0.00907. The number of amides is 1. The van der Waals surface area contributed by atoms with Gasteiger partial charge in [-0.1, -0.05) is 23.4 Å². The number of hydrogen-bond acceptors (Lipinski definition) is 4. The molecular formula is C18H12ClNO3S. The molecule has 1 N–H and O–H groups in total. The zero-order valence-electron chi connectivity index (χ0n) is 12.5. The molecule has 0 spiro atoms. The lowest BCUT2D eigenvalue weighted by Crippen LogP contribution is -2.40. The molecule has 2 aliphatic rings. The summed E-state index contributed by atoms with van der Waals surface area (Å²) in [5.41, 5.74) is 2.48. The average Bonchev–Trinajstić information content (AvgIpc) is 2.94. The second-order valence-electron chi connectivity index (χ2n) is 5.98. The van der Waals surface area contributed by atoms with Gasteiger partial charge in [-0.3, -0.25) is 4.79 Å². The molecule has 0 fully saturated rings. The zero-order chi connectivity index (χ0) is 16.4. The van der Waals surface area contributed by atoms with Gasteiger partial charge in [-0.2, -0.15) is 0 Å². The summed E-state index contributed by atoms with van der Waals surface area (Å²) < 4.78 is 6.05. The molecule has 2 aliphatic heterocycles. The van der Waals surface area contributed by atoms with Crippen LogP contribution in [0.5, 0.6) is 5.75 Å². The molecule has 3 aromatic rings. The van der Waals surface area contributed by atoms with Crippen molar-refractivity contribution in [1.29, 1.82) is 0 Å². The Morgan fingerprint density at radius 1 is 1.25 bits per heavy atom. The Morgan fingerprint density at radius 3 is 3.00 bits per heavy atom. The third-order valence-electron chi connectivity index (χ3n) is 4.59. The number of phenolic OH excluding ortho intramolecular Hbond substituents is 1. The van der Waals surface area contributed by atoms with Crippen molar-refractivity contribution >= 4 is 40.2 Å². The van der Waals surface area contributed by atoms with Crippen molar-refractivity contribution in [1.82, 2.24) is 4.90 Å². The van der Waals surface area contributed by atoms with E-state index in [0.29, 0.717) is 23.6 Å². The van der Waals surface area contributed by atoms with Crippen LogP contribution >= 0.6 is 23.4 Å². The number of fused-ring (bicyclic) bond motifs is 6. The van der Waals surface area contributed by atoms with Crippen LogP contribution in [0.1, 0.15) is 27.1 Å². The maximum absolute atomic E-state index is 12.9. The first kappa shape index (κ1) is 14.3. The monoisotopic (exact) mass is 357 g/mol. The standard InChI is InChI=1S/C18H12ClNO3S/c19-9-1-4-15-13(7-9)17(22)20-6-5-11-12-8-10(21)2-3-14(12)23-16(11)18(20)24-15/h1-4,7-8,18,21H,5-6H2. The van der Waals surface area contributed by atoms with Crippen molar-refractivity contribution in [3.05, 3.63) is 58.3 Å². The number of rotatable bonds is 0. The Balaban J connectivity index is 1.68. The number of nitrogens with zero attached hydrogens (tertiary/aromatic N) is 1. The molecule has 0 saturated heterocycles. The number of halogens is 1. The molecule has 2 aromatic carbocycles. The predicted octanol–water partition coefficient (Wildman–Crippen LogP) is 4.59. The van der Waals surface area contributed by atoms with E-state index >= 15 is 0 Å². The van der Waals surface area contributed by atoms with Crippen molar-refractivity contribution in [2.75, 3.05) is 6.54 Å². The van der Waals surface area contributed by atoms with E-state index in [0.717, 1.165) is 27.2 Å². The topological polar surface area (TPSA) is 53.7 Å². The number of aromatic hydroxyl groups is 1. The predicted molar refractivity (Wildman–Crippen MR) is 92.7 cm³/mol. The van der Waals surface area contributed by atoms with E-state index in [1.54, 1.807) is 42.1 Å². The van der Waals surface area contributed by atoms with Crippen LogP contribution in [0.3, 0.4) is 0 Å². The summed E-state index contributed by atoms with van der Waals surface area (Å²) in [5.74, 6) is 1.02. The average molecular weight is 358 g/mol. The number of hydrogen-bond donors (Lipinski definition) is 1. The molecule has 6 heteroatoms. The van der Waals surface area contributed by atoms with Crippen LogP contribution in [0.4, 0.5) is 0 Å². The summed E-state index contributed by atoms with van der Waals surface area (Å²) in [6.45, 7) is 0.625. The highest BCUT2D eigenvalue weighted by molar-refractivity contribution is 7.99. The van der Waals surface area contributed by atoms with Gasteiger partial charge in [0.05, 0.1) is 5.56 Å². The fourth-order valence-corrected chi connectivity index (χ4v) is 4.93. The van der Waals surface area contributed by atoms with Gasteiger partial charge in [-0.25, -0.2) is 0 Å². The highest BCUT2D eigenvalue weighted by Crippen LogP contribution is 2.50. The molecule has 0 radical (unpaired) electrons. The highest BCUT2D eigenvalue weighted by atomic mass is 35.5. The molecule has 0 aliphatic carbocycles. The molecule has 4 nitrogen and oxygen atoms in total. The number of benzene rings is 2. The number of phenols is 1. The van der Waals surface area contributed by atoms with E-state index in [1.807, 2.05) is 11.0 Å². The molecule has 120 valence electrons. The Bertz CT molecular complexity index is 1010. The second kappa shape index (κ2) is 4.94. The van der Waals surface area contributed by atoms with Crippen LogP contribution in [0.15, 0.2) is 45.7 Å². The number of thioether (sulfide) groups is 1. The fraction of sp³-hybridized carbons (Fsp3) is 0.167. The molecule has 0 saturated carbocycles. The first-order valence-electron chi connectivity index (χ1n) is 7.63. The quantitative estimate of drug-likeness (QED) is 0.639. The SMILES string of the molecule is O=C1c2cc(Cl)ccc2SC2c3oc4ccc(O)cc4c3CCN12. The minimum Gasteiger partial charge on any atom is -0.508 e. The molecule has 3 heterocycles. The van der Waals surface area contributed by atoms with E-state index in [1.165, 1.54) is 0 Å². The lowest BCUT2D eigenvalue weighted by molar-refractivity contribution is 0.0701. The lowest BCUT2D eigenvalue weighted by atomic mass is 10.0. The van der Waals surface area contributed by atoms with E-state index in [2.05, 4.69) is 0 Å². The zero-order valence-corrected chi connectivity index (χ0v) is 14.0. The Kier molecular flexibility index (Phi) is 2.94. The number of furan rings is 1.